The molecule has 0 radical (unpaired) electrons. The largest absolute Gasteiger partial charge is 0.370 e. The van der Waals surface area contributed by atoms with E-state index in [9.17, 15) is 4.79 Å². The highest BCUT2D eigenvalue weighted by atomic mass is 16.5. The van der Waals surface area contributed by atoms with E-state index in [1.165, 1.54) is 12.0 Å². The lowest BCUT2D eigenvalue weighted by molar-refractivity contribution is 0.00290. The Morgan fingerprint density at radius 2 is 2.32 bits per heavy atom. The number of allylic oxidation sites excluding steroid dienone is 1. The zero-order valence-electron chi connectivity index (χ0n) is 17.4. The number of nitrogens with zero attached hydrogens (tertiary/aromatic N) is 2. The number of pyridine rings is 1. The summed E-state index contributed by atoms with van der Waals surface area (Å²) in [5, 5.41) is 3.13. The number of hydrogen-bond donors (Lipinski definition) is 1. The van der Waals surface area contributed by atoms with Crippen LogP contribution in [0.4, 0.5) is 0 Å². The second-order valence-electron chi connectivity index (χ2n) is 8.83. The van der Waals surface area contributed by atoms with Crippen LogP contribution in [0.15, 0.2) is 29.8 Å². The summed E-state index contributed by atoms with van der Waals surface area (Å²) in [5.74, 6) is 0.879. The molecule has 2 bridgehead atoms. The van der Waals surface area contributed by atoms with Crippen molar-refractivity contribution in [2.24, 2.45) is 11.8 Å². The number of fused-ring (bicyclic) bond motifs is 1. The maximum absolute atomic E-state index is 12.5. The van der Waals surface area contributed by atoms with Gasteiger partial charge in [-0.2, -0.15) is 0 Å². The average molecular weight is 384 g/mol. The molecule has 4 atom stereocenters. The van der Waals surface area contributed by atoms with Gasteiger partial charge in [0.1, 0.15) is 5.69 Å². The third-order valence-corrected chi connectivity index (χ3v) is 6.97. The Morgan fingerprint density at radius 3 is 3.11 bits per heavy atom. The Morgan fingerprint density at radius 1 is 1.46 bits per heavy atom. The van der Waals surface area contributed by atoms with Crippen molar-refractivity contribution in [3.8, 4) is 0 Å². The summed E-state index contributed by atoms with van der Waals surface area (Å²) < 4.78 is 6.51. The molecule has 0 unspecified atom stereocenters. The summed E-state index contributed by atoms with van der Waals surface area (Å²) in [6.07, 6.45) is 7.23. The number of carbonyl (C=O) groups excluding carboxylic acids is 1. The van der Waals surface area contributed by atoms with Gasteiger partial charge in [0, 0.05) is 43.7 Å². The predicted octanol–water partition coefficient (Wildman–Crippen LogP) is 3.35. The lowest BCUT2D eigenvalue weighted by atomic mass is 9.73. The SMILES string of the molecule is CC/C(C)=C/CCN1C[C@@H]2[C@H](CNC(=O)c3cccc(C)n3)[C@H]3CC[C@]2(C1)O3. The van der Waals surface area contributed by atoms with E-state index in [1.54, 1.807) is 6.07 Å². The molecule has 0 aromatic carbocycles. The average Bonchev–Trinajstić information content (AvgIpc) is 3.34. The van der Waals surface area contributed by atoms with Crippen LogP contribution in [0.2, 0.25) is 0 Å². The van der Waals surface area contributed by atoms with Gasteiger partial charge in [-0.15, -0.1) is 0 Å². The van der Waals surface area contributed by atoms with Crippen LogP contribution in [0, 0.1) is 18.8 Å². The van der Waals surface area contributed by atoms with Crippen molar-refractivity contribution < 1.29 is 9.53 Å². The minimum absolute atomic E-state index is 0.0329. The minimum Gasteiger partial charge on any atom is -0.370 e. The fraction of sp³-hybridized carbons (Fsp3) is 0.652. The van der Waals surface area contributed by atoms with Crippen molar-refractivity contribution in [2.45, 2.75) is 58.2 Å². The predicted molar refractivity (Wildman–Crippen MR) is 110 cm³/mol. The number of rotatable bonds is 7. The Kier molecular flexibility index (Phi) is 5.57. The van der Waals surface area contributed by atoms with Crippen LogP contribution in [0.5, 0.6) is 0 Å². The second kappa shape index (κ2) is 7.96. The van der Waals surface area contributed by atoms with Gasteiger partial charge in [0.05, 0.1) is 11.7 Å². The second-order valence-corrected chi connectivity index (χ2v) is 8.83. The molecule has 3 fully saturated rings. The summed E-state index contributed by atoms with van der Waals surface area (Å²) in [4.78, 5) is 19.4. The van der Waals surface area contributed by atoms with Crippen molar-refractivity contribution in [1.29, 1.82) is 0 Å². The first-order chi connectivity index (χ1) is 13.5. The van der Waals surface area contributed by atoms with Crippen LogP contribution in [0.25, 0.3) is 0 Å². The molecule has 3 saturated heterocycles. The van der Waals surface area contributed by atoms with Crippen LogP contribution in [0.1, 0.15) is 55.7 Å². The van der Waals surface area contributed by atoms with Gasteiger partial charge in [0.2, 0.25) is 0 Å². The fourth-order valence-corrected chi connectivity index (χ4v) is 5.34. The first-order valence-electron chi connectivity index (χ1n) is 10.8. The molecule has 1 N–H and O–H groups in total. The monoisotopic (exact) mass is 383 g/mol. The van der Waals surface area contributed by atoms with Crippen LogP contribution in [-0.2, 0) is 4.74 Å². The molecule has 1 amide bonds. The Hall–Kier alpha value is -1.72. The standard InChI is InChI=1S/C23H33N3O2/c1-4-16(2)7-6-12-26-14-19-18(21-10-11-23(19,15-26)28-21)13-24-22(27)20-9-5-8-17(3)25-20/h5,7-9,18-19,21H,4,6,10-15H2,1-3H3,(H,24,27)/b16-7+/t18-,19+,21+,23+/m0/s1. The van der Waals surface area contributed by atoms with E-state index in [2.05, 4.69) is 35.1 Å². The Labute approximate surface area is 168 Å². The van der Waals surface area contributed by atoms with Gasteiger partial charge in [0.25, 0.3) is 5.91 Å². The van der Waals surface area contributed by atoms with Crippen molar-refractivity contribution in [1.82, 2.24) is 15.2 Å². The first kappa shape index (κ1) is 19.6. The van der Waals surface area contributed by atoms with Gasteiger partial charge in [-0.1, -0.05) is 24.6 Å². The third-order valence-electron chi connectivity index (χ3n) is 6.97. The summed E-state index contributed by atoms with van der Waals surface area (Å²) in [7, 11) is 0. The number of carbonyl (C=O) groups is 1. The van der Waals surface area contributed by atoms with Crippen molar-refractivity contribution in [3.05, 3.63) is 41.2 Å². The zero-order chi connectivity index (χ0) is 19.7. The molecule has 1 aromatic rings. The summed E-state index contributed by atoms with van der Waals surface area (Å²) in [6, 6.07) is 5.58. The quantitative estimate of drug-likeness (QED) is 0.734. The first-order valence-corrected chi connectivity index (χ1v) is 10.8. The van der Waals surface area contributed by atoms with Crippen LogP contribution in [-0.4, -0.2) is 53.7 Å². The number of aromatic nitrogens is 1. The Bertz CT molecular complexity index is 762. The normalized spacial score (nSPS) is 32.0. The van der Waals surface area contributed by atoms with Crippen LogP contribution in [0.3, 0.4) is 0 Å². The molecule has 4 rings (SSSR count). The molecule has 4 heterocycles. The maximum atomic E-state index is 12.5. The zero-order valence-corrected chi connectivity index (χ0v) is 17.4. The molecule has 3 aliphatic rings. The highest BCUT2D eigenvalue weighted by molar-refractivity contribution is 5.92. The number of aryl methyl sites for hydroxylation is 1. The van der Waals surface area contributed by atoms with Gasteiger partial charge in [-0.05, 0) is 51.7 Å². The van der Waals surface area contributed by atoms with Gasteiger partial charge in [-0.3, -0.25) is 9.69 Å². The number of likely N-dealkylation sites (tertiary alicyclic amines) is 1. The highest BCUT2D eigenvalue weighted by Gasteiger charge is 2.62. The van der Waals surface area contributed by atoms with E-state index in [0.717, 1.165) is 44.6 Å². The Balaban J connectivity index is 1.35. The van der Waals surface area contributed by atoms with E-state index >= 15 is 0 Å². The van der Waals surface area contributed by atoms with Gasteiger partial charge in [-0.25, -0.2) is 4.98 Å². The molecule has 1 spiro atoms. The van der Waals surface area contributed by atoms with Gasteiger partial charge in [0.15, 0.2) is 0 Å². The highest BCUT2D eigenvalue weighted by Crippen LogP contribution is 2.54. The molecule has 28 heavy (non-hydrogen) atoms. The van der Waals surface area contributed by atoms with Gasteiger partial charge < -0.3 is 10.1 Å². The van der Waals surface area contributed by atoms with E-state index in [1.807, 2.05) is 19.1 Å². The lowest BCUT2D eigenvalue weighted by Gasteiger charge is -2.29. The summed E-state index contributed by atoms with van der Waals surface area (Å²) >= 11 is 0. The fourth-order valence-electron chi connectivity index (χ4n) is 5.34. The molecule has 3 aliphatic heterocycles. The molecule has 5 heteroatoms. The van der Waals surface area contributed by atoms with E-state index in [-0.39, 0.29) is 11.5 Å². The molecular weight excluding hydrogens is 350 g/mol. The van der Waals surface area contributed by atoms with Gasteiger partial charge >= 0.3 is 0 Å². The number of hydrogen-bond acceptors (Lipinski definition) is 4. The van der Waals surface area contributed by atoms with Crippen LogP contribution < -0.4 is 5.32 Å². The smallest absolute Gasteiger partial charge is 0.269 e. The number of amides is 1. The van der Waals surface area contributed by atoms with Crippen LogP contribution >= 0.6 is 0 Å². The van der Waals surface area contributed by atoms with Crippen molar-refractivity contribution in [3.63, 3.8) is 0 Å². The number of nitrogens with one attached hydrogen (secondary N) is 1. The molecule has 1 aromatic heterocycles. The topological polar surface area (TPSA) is 54.5 Å². The minimum atomic E-state index is -0.0736. The molecular formula is C23H33N3O2. The van der Waals surface area contributed by atoms with E-state index in [0.29, 0.717) is 30.2 Å². The lowest BCUT2D eigenvalue weighted by Crippen LogP contribution is -2.42. The summed E-state index contributed by atoms with van der Waals surface area (Å²) in [5.41, 5.74) is 2.88. The van der Waals surface area contributed by atoms with Crippen molar-refractivity contribution in [2.75, 3.05) is 26.2 Å². The van der Waals surface area contributed by atoms with Crippen molar-refractivity contribution >= 4 is 5.91 Å². The number of ether oxygens (including phenoxy) is 1. The maximum Gasteiger partial charge on any atom is 0.269 e. The summed E-state index contributed by atoms with van der Waals surface area (Å²) in [6.45, 7) is 10.3. The third kappa shape index (κ3) is 3.74. The molecule has 5 nitrogen and oxygen atoms in total. The molecule has 0 aliphatic carbocycles. The molecule has 0 saturated carbocycles. The molecule has 152 valence electrons. The van der Waals surface area contributed by atoms with E-state index < -0.39 is 0 Å². The van der Waals surface area contributed by atoms with E-state index in [4.69, 9.17) is 4.74 Å².